The molecule has 0 spiro atoms. The van der Waals surface area contributed by atoms with Crippen LogP contribution < -0.4 is 4.74 Å². The zero-order valence-corrected chi connectivity index (χ0v) is 10.9. The van der Waals surface area contributed by atoms with Gasteiger partial charge < -0.3 is 14.9 Å². The molecule has 0 saturated carbocycles. The molecule has 0 aliphatic rings. The van der Waals surface area contributed by atoms with Gasteiger partial charge in [-0.3, -0.25) is 0 Å². The second-order valence-corrected chi connectivity index (χ2v) is 4.08. The maximum absolute atomic E-state index is 12.8. The number of ether oxygens (including phenoxy) is 1. The molecule has 1 aromatic heterocycles. The third-order valence-corrected chi connectivity index (χ3v) is 2.67. The van der Waals surface area contributed by atoms with Gasteiger partial charge in [0, 0.05) is 23.2 Å². The Hall–Kier alpha value is -2.03. The van der Waals surface area contributed by atoms with Gasteiger partial charge in [-0.15, -0.1) is 0 Å². The van der Waals surface area contributed by atoms with Gasteiger partial charge in [-0.25, -0.2) is 4.98 Å². The molecule has 21 heavy (non-hydrogen) atoms. The fourth-order valence-electron chi connectivity index (χ4n) is 1.61. The summed E-state index contributed by atoms with van der Waals surface area (Å²) >= 11 is 0. The molecular weight excluding hydrogens is 293 g/mol. The van der Waals surface area contributed by atoms with Crippen LogP contribution in [0.1, 0.15) is 23.7 Å². The molecule has 0 aliphatic heterocycles. The number of nitrogens with zero attached hydrogens (tertiary/aromatic N) is 4. The number of methoxy groups -OCH3 is 1. The van der Waals surface area contributed by atoms with Gasteiger partial charge in [-0.1, -0.05) is 5.11 Å². The molecule has 7 nitrogen and oxygen atoms in total. The number of aliphatic hydroxyl groups is 2. The van der Waals surface area contributed by atoms with E-state index >= 15 is 0 Å². The summed E-state index contributed by atoms with van der Waals surface area (Å²) in [5.74, 6) is -0.623. The highest BCUT2D eigenvalue weighted by Gasteiger charge is 2.36. The van der Waals surface area contributed by atoms with Crippen molar-refractivity contribution < 1.29 is 28.1 Å². The molecule has 0 aromatic carbocycles. The average molecular weight is 306 g/mol. The van der Waals surface area contributed by atoms with E-state index in [9.17, 15) is 23.4 Å². The van der Waals surface area contributed by atoms with Crippen molar-refractivity contribution in [3.8, 4) is 5.88 Å². The van der Waals surface area contributed by atoms with Gasteiger partial charge in [0.15, 0.2) is 0 Å². The lowest BCUT2D eigenvalue weighted by molar-refractivity contribution is -0.139. The molecule has 2 unspecified atom stereocenters. The zero-order valence-electron chi connectivity index (χ0n) is 10.9. The van der Waals surface area contributed by atoms with Crippen molar-refractivity contribution in [2.75, 3.05) is 13.7 Å². The van der Waals surface area contributed by atoms with E-state index in [1.807, 2.05) is 0 Å². The normalized spacial score (nSPS) is 14.2. The summed E-state index contributed by atoms with van der Waals surface area (Å²) < 4.78 is 42.9. The van der Waals surface area contributed by atoms with E-state index < -0.39 is 29.8 Å². The van der Waals surface area contributed by atoms with Gasteiger partial charge in [-0.05, 0) is 18.0 Å². The first-order valence-corrected chi connectivity index (χ1v) is 5.79. The number of azide groups is 1. The first-order chi connectivity index (χ1) is 9.81. The van der Waals surface area contributed by atoms with Crippen molar-refractivity contribution in [2.45, 2.75) is 24.8 Å². The number of aromatic nitrogens is 1. The van der Waals surface area contributed by atoms with Crippen molar-refractivity contribution in [3.05, 3.63) is 33.8 Å². The van der Waals surface area contributed by atoms with Crippen LogP contribution >= 0.6 is 0 Å². The van der Waals surface area contributed by atoms with Crippen molar-refractivity contribution in [1.82, 2.24) is 4.98 Å². The summed E-state index contributed by atoms with van der Waals surface area (Å²) in [6.45, 7) is -0.0928. The first kappa shape index (κ1) is 17.0. The monoisotopic (exact) mass is 306 g/mol. The molecule has 0 bridgehead atoms. The predicted molar refractivity (Wildman–Crippen MR) is 65.4 cm³/mol. The molecular formula is C11H13F3N4O3. The minimum absolute atomic E-state index is 0.0928. The number of halogens is 3. The minimum Gasteiger partial charge on any atom is -0.481 e. The first-order valence-electron chi connectivity index (χ1n) is 5.79. The minimum atomic E-state index is -4.70. The van der Waals surface area contributed by atoms with Crippen molar-refractivity contribution >= 4 is 0 Å². The summed E-state index contributed by atoms with van der Waals surface area (Å²) in [5.41, 5.74) is 6.72. The Balaban J connectivity index is 3.00. The van der Waals surface area contributed by atoms with Gasteiger partial charge >= 0.3 is 6.18 Å². The molecule has 0 radical (unpaired) electrons. The number of hydrogen-bond acceptors (Lipinski definition) is 5. The highest BCUT2D eigenvalue weighted by atomic mass is 19.4. The molecule has 116 valence electrons. The Labute approximate surface area is 117 Å². The van der Waals surface area contributed by atoms with Crippen LogP contribution in [0.4, 0.5) is 13.2 Å². The summed E-state index contributed by atoms with van der Waals surface area (Å²) in [7, 11) is 1.04. The predicted octanol–water partition coefficient (Wildman–Crippen LogP) is 2.20. The lowest BCUT2D eigenvalue weighted by Crippen LogP contribution is -2.20. The standard InChI is InChI=1S/C11H13F3N4O3/c1-21-10-7(11(12,13)14)4-6(5-16-10)9(20)8(19)2-3-17-18-15/h4-5,8-9,19-20H,2-3H2,1H3. The van der Waals surface area contributed by atoms with Gasteiger partial charge in [0.2, 0.25) is 5.88 Å². The van der Waals surface area contributed by atoms with Crippen LogP contribution in [0.2, 0.25) is 0 Å². The number of aliphatic hydroxyl groups excluding tert-OH is 2. The van der Waals surface area contributed by atoms with Crippen molar-refractivity contribution in [3.63, 3.8) is 0 Å². The Kier molecular flexibility index (Phi) is 5.77. The van der Waals surface area contributed by atoms with Crippen molar-refractivity contribution in [2.24, 2.45) is 5.11 Å². The molecule has 2 N–H and O–H groups in total. The lowest BCUT2D eigenvalue weighted by atomic mass is 10.0. The molecule has 0 fully saturated rings. The van der Waals surface area contributed by atoms with E-state index in [1.54, 1.807) is 0 Å². The average Bonchev–Trinajstić information content (AvgIpc) is 2.45. The van der Waals surface area contributed by atoms with Crippen LogP contribution in [-0.2, 0) is 6.18 Å². The molecule has 1 heterocycles. The highest BCUT2D eigenvalue weighted by Crippen LogP contribution is 2.36. The Bertz CT molecular complexity index is 532. The molecule has 1 aromatic rings. The number of alkyl halides is 3. The maximum atomic E-state index is 12.8. The van der Waals surface area contributed by atoms with Crippen LogP contribution in [0.15, 0.2) is 17.4 Å². The fourth-order valence-corrected chi connectivity index (χ4v) is 1.61. The number of pyridine rings is 1. The largest absolute Gasteiger partial charge is 0.481 e. The SMILES string of the molecule is COc1ncc(C(O)C(O)CCN=[N+]=[N-])cc1C(F)(F)F. The van der Waals surface area contributed by atoms with E-state index in [-0.39, 0.29) is 18.5 Å². The summed E-state index contributed by atoms with van der Waals surface area (Å²) in [6.07, 6.45) is -6.79. The second-order valence-electron chi connectivity index (χ2n) is 4.08. The van der Waals surface area contributed by atoms with E-state index in [0.29, 0.717) is 6.07 Å². The topological polar surface area (TPSA) is 111 Å². The fraction of sp³-hybridized carbons (Fsp3) is 0.545. The summed E-state index contributed by atoms with van der Waals surface area (Å²) in [6, 6.07) is 0.660. The molecule has 0 aliphatic carbocycles. The smallest absolute Gasteiger partial charge is 0.421 e. The van der Waals surface area contributed by atoms with Gasteiger partial charge in [-0.2, -0.15) is 13.2 Å². The van der Waals surface area contributed by atoms with Crippen molar-refractivity contribution in [1.29, 1.82) is 0 Å². The zero-order chi connectivity index (χ0) is 16.0. The molecule has 1 rings (SSSR count). The van der Waals surface area contributed by atoms with Crippen LogP contribution in [0.25, 0.3) is 10.4 Å². The van der Waals surface area contributed by atoms with E-state index in [2.05, 4.69) is 19.7 Å². The number of rotatable bonds is 6. The van der Waals surface area contributed by atoms with Crippen LogP contribution in [0.5, 0.6) is 5.88 Å². The van der Waals surface area contributed by atoms with Crippen LogP contribution in [0, 0.1) is 0 Å². The van der Waals surface area contributed by atoms with E-state index in [1.165, 1.54) is 0 Å². The van der Waals surface area contributed by atoms with E-state index in [0.717, 1.165) is 13.3 Å². The van der Waals surface area contributed by atoms with Crippen LogP contribution in [0.3, 0.4) is 0 Å². The number of hydrogen-bond donors (Lipinski definition) is 2. The van der Waals surface area contributed by atoms with E-state index in [4.69, 9.17) is 5.53 Å². The lowest BCUT2D eigenvalue weighted by Gasteiger charge is -2.19. The molecule has 0 saturated heterocycles. The third kappa shape index (κ3) is 4.48. The van der Waals surface area contributed by atoms with Gasteiger partial charge in [0.25, 0.3) is 0 Å². The molecule has 0 amide bonds. The molecule has 2 atom stereocenters. The third-order valence-electron chi connectivity index (χ3n) is 2.67. The Morgan fingerprint density at radius 2 is 2.14 bits per heavy atom. The molecule has 10 heteroatoms. The van der Waals surface area contributed by atoms with Crippen LogP contribution in [-0.4, -0.2) is 35.0 Å². The van der Waals surface area contributed by atoms with Gasteiger partial charge in [0.05, 0.1) is 13.2 Å². The summed E-state index contributed by atoms with van der Waals surface area (Å²) in [5, 5.41) is 22.6. The highest BCUT2D eigenvalue weighted by molar-refractivity contribution is 5.33. The quantitative estimate of drug-likeness (QED) is 0.476. The Morgan fingerprint density at radius 3 is 2.67 bits per heavy atom. The Morgan fingerprint density at radius 1 is 1.48 bits per heavy atom. The second kappa shape index (κ2) is 7.11. The summed E-state index contributed by atoms with van der Waals surface area (Å²) in [4.78, 5) is 5.93. The van der Waals surface area contributed by atoms with Gasteiger partial charge in [0.1, 0.15) is 11.7 Å². The maximum Gasteiger partial charge on any atom is 0.421 e.